The summed E-state index contributed by atoms with van der Waals surface area (Å²) in [5.74, 6) is -3.40. The highest BCUT2D eigenvalue weighted by Crippen LogP contribution is 2.49. The molecule has 164 valence electrons. The number of hydrogen-bond donors (Lipinski definition) is 3. The molecule has 0 saturated carbocycles. The third-order valence-electron chi connectivity index (χ3n) is 6.28. The van der Waals surface area contributed by atoms with Gasteiger partial charge < -0.3 is 14.6 Å². The van der Waals surface area contributed by atoms with Crippen molar-refractivity contribution in [1.29, 1.82) is 0 Å². The number of likely N-dealkylation sites (tertiary alicyclic amines) is 1. The molecular weight excluding hydrogens is 388 g/mol. The number of carboxylic acid groups (broad SMARTS) is 1. The first-order valence-electron chi connectivity index (χ1n) is 10.5. The molecule has 3 N–H and O–H groups in total. The van der Waals surface area contributed by atoms with Crippen LogP contribution in [0.4, 0.5) is 0 Å². The number of carbonyl (C=O) groups excluding carboxylic acids is 2. The number of imide groups is 1. The molecule has 0 spiro atoms. The Kier molecular flexibility index (Phi) is 6.47. The van der Waals surface area contributed by atoms with Crippen LogP contribution in [-0.4, -0.2) is 51.6 Å². The molecule has 4 unspecified atom stereocenters. The fraction of sp³-hybridized carbons (Fsp3) is 0.591. The molecule has 4 atom stereocenters. The number of rotatable bonds is 9. The number of fused-ring (bicyclic) bond motifs is 1. The largest absolute Gasteiger partial charge is 0.480 e. The fourth-order valence-electron chi connectivity index (χ4n) is 4.45. The molecule has 3 rings (SSSR count). The summed E-state index contributed by atoms with van der Waals surface area (Å²) in [6.07, 6.45) is 7.60. The maximum atomic E-state index is 13.2. The second-order valence-corrected chi connectivity index (χ2v) is 8.18. The quantitative estimate of drug-likeness (QED) is 0.319. The molecule has 2 aliphatic rings. The molecule has 0 radical (unpaired) electrons. The van der Waals surface area contributed by atoms with Gasteiger partial charge in [-0.1, -0.05) is 31.9 Å². The molecule has 3 heterocycles. The summed E-state index contributed by atoms with van der Waals surface area (Å²) in [5.41, 5.74) is -1.06. The lowest BCUT2D eigenvalue weighted by Gasteiger charge is -2.28. The van der Waals surface area contributed by atoms with Crippen molar-refractivity contribution in [2.45, 2.75) is 58.0 Å². The number of carboxylic acids is 1. The van der Waals surface area contributed by atoms with Gasteiger partial charge in [0.25, 0.3) is 0 Å². The minimum absolute atomic E-state index is 0.192. The van der Waals surface area contributed by atoms with E-state index in [1.54, 1.807) is 13.0 Å². The average molecular weight is 418 g/mol. The predicted octanol–water partition coefficient (Wildman–Crippen LogP) is 2.09. The van der Waals surface area contributed by atoms with Crippen molar-refractivity contribution in [2.24, 2.45) is 11.8 Å². The van der Waals surface area contributed by atoms with Crippen LogP contribution in [0.1, 0.15) is 55.7 Å². The van der Waals surface area contributed by atoms with Crippen molar-refractivity contribution < 1.29 is 29.0 Å². The van der Waals surface area contributed by atoms with E-state index in [4.69, 9.17) is 4.42 Å². The van der Waals surface area contributed by atoms with Gasteiger partial charge in [0.1, 0.15) is 11.5 Å². The van der Waals surface area contributed by atoms with Crippen molar-refractivity contribution >= 4 is 17.8 Å². The summed E-state index contributed by atoms with van der Waals surface area (Å²) in [6, 6.07) is 0.947. The second kappa shape index (κ2) is 8.73. The van der Waals surface area contributed by atoms with E-state index in [1.165, 1.54) is 0 Å². The van der Waals surface area contributed by atoms with Crippen molar-refractivity contribution in [3.8, 4) is 0 Å². The van der Waals surface area contributed by atoms with E-state index in [0.29, 0.717) is 17.9 Å². The van der Waals surface area contributed by atoms with Gasteiger partial charge in [0.05, 0.1) is 24.5 Å². The van der Waals surface area contributed by atoms with Crippen LogP contribution >= 0.6 is 0 Å². The Bertz CT molecular complexity index is 840. The number of aliphatic hydroxyl groups excluding tert-OH is 1. The summed E-state index contributed by atoms with van der Waals surface area (Å²) in [4.78, 5) is 39.6. The highest BCUT2D eigenvalue weighted by atomic mass is 16.4. The van der Waals surface area contributed by atoms with Crippen LogP contribution < -0.4 is 5.32 Å². The lowest BCUT2D eigenvalue weighted by atomic mass is 9.80. The van der Waals surface area contributed by atoms with Crippen molar-refractivity contribution in [3.63, 3.8) is 0 Å². The maximum absolute atomic E-state index is 13.2. The normalized spacial score (nSPS) is 28.7. The summed E-state index contributed by atoms with van der Waals surface area (Å²) >= 11 is 0. The van der Waals surface area contributed by atoms with Crippen LogP contribution in [0.25, 0.3) is 0 Å². The van der Waals surface area contributed by atoms with E-state index in [1.807, 2.05) is 19.1 Å². The first kappa shape index (κ1) is 22.2. The number of aliphatic hydroxyl groups is 1. The van der Waals surface area contributed by atoms with Crippen LogP contribution in [-0.2, 0) is 14.4 Å². The molecule has 0 aromatic carbocycles. The summed E-state index contributed by atoms with van der Waals surface area (Å²) in [7, 11) is 0. The van der Waals surface area contributed by atoms with Gasteiger partial charge in [0, 0.05) is 6.54 Å². The van der Waals surface area contributed by atoms with E-state index in [0.717, 1.165) is 29.7 Å². The SMILES string of the molecule is CCCC/C=C/CCN1C(=O)C2C(c3cc(C)c(C)o3)NC(CO)(C(=O)O)C2C1=O. The van der Waals surface area contributed by atoms with Gasteiger partial charge in [-0.25, -0.2) is 0 Å². The molecule has 8 nitrogen and oxygen atoms in total. The molecule has 2 saturated heterocycles. The molecule has 1 aromatic rings. The van der Waals surface area contributed by atoms with Gasteiger partial charge in [-0.15, -0.1) is 0 Å². The highest BCUT2D eigenvalue weighted by Gasteiger charge is 2.68. The summed E-state index contributed by atoms with van der Waals surface area (Å²) in [5, 5.41) is 22.7. The minimum atomic E-state index is -1.93. The van der Waals surface area contributed by atoms with Crippen LogP contribution in [0.5, 0.6) is 0 Å². The zero-order chi connectivity index (χ0) is 22.1. The van der Waals surface area contributed by atoms with Crippen LogP contribution in [0, 0.1) is 25.7 Å². The maximum Gasteiger partial charge on any atom is 0.327 e. The number of amides is 2. The van der Waals surface area contributed by atoms with E-state index >= 15 is 0 Å². The number of carbonyl (C=O) groups is 3. The number of aryl methyl sites for hydroxylation is 2. The fourth-order valence-corrected chi connectivity index (χ4v) is 4.45. The Morgan fingerprint density at radius 2 is 1.97 bits per heavy atom. The lowest BCUT2D eigenvalue weighted by molar-refractivity contribution is -0.153. The van der Waals surface area contributed by atoms with Gasteiger partial charge in [0.15, 0.2) is 5.54 Å². The van der Waals surface area contributed by atoms with Gasteiger partial charge in [0.2, 0.25) is 11.8 Å². The Morgan fingerprint density at radius 1 is 1.27 bits per heavy atom. The topological polar surface area (TPSA) is 120 Å². The third-order valence-corrected chi connectivity index (χ3v) is 6.28. The van der Waals surface area contributed by atoms with Gasteiger partial charge >= 0.3 is 5.97 Å². The number of allylic oxidation sites excluding steroid dienone is 1. The zero-order valence-corrected chi connectivity index (χ0v) is 17.7. The Balaban J connectivity index is 1.89. The van der Waals surface area contributed by atoms with E-state index in [9.17, 15) is 24.6 Å². The first-order valence-corrected chi connectivity index (χ1v) is 10.5. The molecule has 2 aliphatic heterocycles. The monoisotopic (exact) mass is 418 g/mol. The van der Waals surface area contributed by atoms with Gasteiger partial charge in [-0.2, -0.15) is 0 Å². The zero-order valence-electron chi connectivity index (χ0n) is 17.7. The number of hydrogen-bond acceptors (Lipinski definition) is 6. The Hall–Kier alpha value is -2.45. The molecule has 0 bridgehead atoms. The van der Waals surface area contributed by atoms with Crippen molar-refractivity contribution in [3.05, 3.63) is 35.3 Å². The van der Waals surface area contributed by atoms with Gasteiger partial charge in [-0.3, -0.25) is 24.6 Å². The molecule has 2 amide bonds. The third kappa shape index (κ3) is 3.58. The molecule has 8 heteroatoms. The van der Waals surface area contributed by atoms with Crippen LogP contribution in [0.3, 0.4) is 0 Å². The van der Waals surface area contributed by atoms with Crippen LogP contribution in [0.2, 0.25) is 0 Å². The Morgan fingerprint density at radius 3 is 2.53 bits per heavy atom. The molecular formula is C22H30N2O6. The standard InChI is InChI=1S/C22H30N2O6/c1-4-5-6-7-8-9-10-24-19(26)16-17(20(24)27)22(12-25,21(28)29)23-18(16)15-11-13(2)14(3)30-15/h7-8,11,16-18,23,25H,4-6,9-10,12H2,1-3H3,(H,28,29)/b8-7+. The Labute approximate surface area is 175 Å². The first-order chi connectivity index (χ1) is 14.3. The van der Waals surface area contributed by atoms with Crippen molar-refractivity contribution in [2.75, 3.05) is 13.2 Å². The van der Waals surface area contributed by atoms with E-state index in [-0.39, 0.29) is 6.54 Å². The molecule has 30 heavy (non-hydrogen) atoms. The highest BCUT2D eigenvalue weighted by molar-refractivity contribution is 6.09. The summed E-state index contributed by atoms with van der Waals surface area (Å²) < 4.78 is 5.75. The van der Waals surface area contributed by atoms with Crippen LogP contribution in [0.15, 0.2) is 22.6 Å². The number of furan rings is 1. The summed E-state index contributed by atoms with van der Waals surface area (Å²) in [6.45, 7) is 5.13. The number of aliphatic carboxylic acids is 1. The number of nitrogens with zero attached hydrogens (tertiary/aromatic N) is 1. The lowest BCUT2D eigenvalue weighted by Crippen LogP contribution is -2.58. The smallest absolute Gasteiger partial charge is 0.327 e. The molecule has 1 aromatic heterocycles. The second-order valence-electron chi connectivity index (χ2n) is 8.18. The minimum Gasteiger partial charge on any atom is -0.480 e. The van der Waals surface area contributed by atoms with E-state index < -0.39 is 47.8 Å². The predicted molar refractivity (Wildman–Crippen MR) is 108 cm³/mol. The average Bonchev–Trinajstić information content (AvgIpc) is 3.31. The van der Waals surface area contributed by atoms with Gasteiger partial charge in [-0.05, 0) is 38.3 Å². The number of nitrogens with one attached hydrogen (secondary N) is 1. The number of unbranched alkanes of at least 4 members (excludes halogenated alkanes) is 2. The van der Waals surface area contributed by atoms with Crippen molar-refractivity contribution in [1.82, 2.24) is 10.2 Å². The molecule has 0 aliphatic carbocycles. The molecule has 2 fully saturated rings. The van der Waals surface area contributed by atoms with E-state index in [2.05, 4.69) is 12.2 Å².